The van der Waals surface area contributed by atoms with E-state index in [4.69, 9.17) is 24.3 Å². The second kappa shape index (κ2) is 12.7. The lowest BCUT2D eigenvalue weighted by molar-refractivity contribution is -0.146. The molecule has 2 aromatic rings. The number of nitrogen functional groups attached to an aromatic ring is 1. The molecule has 0 saturated carbocycles. The van der Waals surface area contributed by atoms with Crippen LogP contribution in [0.1, 0.15) is 18.7 Å². The summed E-state index contributed by atoms with van der Waals surface area (Å²) in [5.41, 5.74) is 4.89. The quantitative estimate of drug-likeness (QED) is 0.237. The molecule has 4 N–H and O–H groups in total. The molecular weight excluding hydrogens is 549 g/mol. The first-order valence-corrected chi connectivity index (χ1v) is 12.9. The topological polar surface area (TPSA) is 191 Å². The second-order valence-corrected chi connectivity index (χ2v) is 10.0. The molecular formula is C22H27F2N4O10P. The van der Waals surface area contributed by atoms with Gasteiger partial charge in [0.25, 0.3) is 0 Å². The Hall–Kier alpha value is -3.27. The van der Waals surface area contributed by atoms with Crippen LogP contribution in [0.25, 0.3) is 0 Å². The van der Waals surface area contributed by atoms with Gasteiger partial charge in [0.15, 0.2) is 12.7 Å². The molecule has 3 rings (SSSR count). The van der Waals surface area contributed by atoms with E-state index >= 15 is 0 Å². The van der Waals surface area contributed by atoms with Crippen LogP contribution in [0, 0.1) is 0 Å². The van der Waals surface area contributed by atoms with Crippen LogP contribution >= 0.6 is 7.75 Å². The molecule has 1 aliphatic rings. The van der Waals surface area contributed by atoms with Gasteiger partial charge in [-0.3, -0.25) is 18.4 Å². The van der Waals surface area contributed by atoms with Crippen molar-refractivity contribution in [3.8, 4) is 0 Å². The number of halogens is 2. The normalized spacial score (nSPS) is 22.5. The summed E-state index contributed by atoms with van der Waals surface area (Å²) in [4.78, 5) is 39.3. The zero-order chi connectivity index (χ0) is 28.8. The zero-order valence-electron chi connectivity index (χ0n) is 20.8. The van der Waals surface area contributed by atoms with Crippen molar-refractivity contribution in [2.45, 2.75) is 43.9 Å². The van der Waals surface area contributed by atoms with Gasteiger partial charge >= 0.3 is 31.3 Å². The van der Waals surface area contributed by atoms with Gasteiger partial charge < -0.3 is 25.1 Å². The zero-order valence-corrected chi connectivity index (χ0v) is 21.7. The van der Waals surface area contributed by atoms with E-state index in [0.717, 1.165) is 19.4 Å². The van der Waals surface area contributed by atoms with E-state index in [1.165, 1.54) is 6.92 Å². The summed E-state index contributed by atoms with van der Waals surface area (Å²) in [5, 5.41) is 12.4. The fourth-order valence-corrected chi connectivity index (χ4v) is 4.76. The molecule has 214 valence electrons. The van der Waals surface area contributed by atoms with Crippen molar-refractivity contribution in [3.63, 3.8) is 0 Å². The monoisotopic (exact) mass is 576 g/mol. The molecule has 0 amide bonds. The molecule has 1 fully saturated rings. The van der Waals surface area contributed by atoms with Crippen LogP contribution < -0.4 is 16.5 Å². The number of carbonyl (C=O) groups excluding carboxylic acids is 2. The summed E-state index contributed by atoms with van der Waals surface area (Å²) in [6, 6.07) is 8.43. The summed E-state index contributed by atoms with van der Waals surface area (Å²) >= 11 is 0. The lowest BCUT2D eigenvalue weighted by Gasteiger charge is -2.24. The predicted octanol–water partition coefficient (Wildman–Crippen LogP) is 0.755. The molecule has 1 aromatic carbocycles. The van der Waals surface area contributed by atoms with E-state index in [1.807, 2.05) is 0 Å². The summed E-state index contributed by atoms with van der Waals surface area (Å²) in [6.07, 6.45) is -5.73. The molecule has 0 radical (unpaired) electrons. The van der Waals surface area contributed by atoms with Crippen molar-refractivity contribution in [2.24, 2.45) is 0 Å². The summed E-state index contributed by atoms with van der Waals surface area (Å²) in [7, 11) is -3.57. The average molecular weight is 576 g/mol. The SMILES string of the molecule is COC(=O)COP(=O)(N[C@@H](C)C(=O)OCc1ccccc1)OC[C@H]1O[C@@H](n2ccc(N)nc2=O)C(F)(F)[C@@H]1O. The number of rotatable bonds is 12. The Labute approximate surface area is 220 Å². The number of benzene rings is 1. The van der Waals surface area contributed by atoms with Gasteiger partial charge in [0.1, 0.15) is 24.6 Å². The van der Waals surface area contributed by atoms with Gasteiger partial charge in [0, 0.05) is 6.20 Å². The number of nitrogens with one attached hydrogen (secondary N) is 1. The Bertz CT molecular complexity index is 1260. The first-order valence-electron chi connectivity index (χ1n) is 11.4. The fourth-order valence-electron chi connectivity index (χ4n) is 3.33. The molecule has 2 heterocycles. The number of ether oxygens (including phenoxy) is 3. The molecule has 14 nitrogen and oxygen atoms in total. The molecule has 0 spiro atoms. The van der Waals surface area contributed by atoms with Crippen LogP contribution in [0.2, 0.25) is 0 Å². The number of anilines is 1. The van der Waals surface area contributed by atoms with Gasteiger partial charge in [-0.05, 0) is 18.6 Å². The average Bonchev–Trinajstić information content (AvgIpc) is 3.13. The van der Waals surface area contributed by atoms with Crippen molar-refractivity contribution >= 4 is 25.5 Å². The highest BCUT2D eigenvalue weighted by atomic mass is 31.2. The van der Waals surface area contributed by atoms with Crippen molar-refractivity contribution in [1.29, 1.82) is 0 Å². The van der Waals surface area contributed by atoms with E-state index in [-0.39, 0.29) is 12.4 Å². The Morgan fingerprint density at radius 1 is 1.28 bits per heavy atom. The van der Waals surface area contributed by atoms with Crippen LogP contribution in [0.5, 0.6) is 0 Å². The number of aliphatic hydroxyl groups excluding tert-OH is 1. The van der Waals surface area contributed by atoms with Crippen molar-refractivity contribution in [2.75, 3.05) is 26.1 Å². The number of methoxy groups -OCH3 is 1. The number of aromatic nitrogens is 2. The highest BCUT2D eigenvalue weighted by Crippen LogP contribution is 2.47. The summed E-state index contributed by atoms with van der Waals surface area (Å²) in [5.74, 6) is -6.06. The van der Waals surface area contributed by atoms with Crippen LogP contribution in [0.3, 0.4) is 0 Å². The summed E-state index contributed by atoms with van der Waals surface area (Å²) < 4.78 is 68.2. The number of nitrogens with two attached hydrogens (primary N) is 1. The molecule has 1 aliphatic heterocycles. The highest BCUT2D eigenvalue weighted by molar-refractivity contribution is 7.51. The first kappa shape index (κ1) is 30.3. The molecule has 0 bridgehead atoms. The van der Waals surface area contributed by atoms with Gasteiger partial charge in [0.05, 0.1) is 13.7 Å². The van der Waals surface area contributed by atoms with Crippen molar-refractivity contribution in [3.05, 3.63) is 58.6 Å². The predicted molar refractivity (Wildman–Crippen MR) is 128 cm³/mol. The number of hydrogen-bond acceptors (Lipinski definition) is 12. The Morgan fingerprint density at radius 2 is 1.97 bits per heavy atom. The third-order valence-electron chi connectivity index (χ3n) is 5.40. The maximum Gasteiger partial charge on any atom is 0.406 e. The Morgan fingerprint density at radius 3 is 2.62 bits per heavy atom. The lowest BCUT2D eigenvalue weighted by Crippen LogP contribution is -2.42. The van der Waals surface area contributed by atoms with Gasteiger partial charge in [-0.2, -0.15) is 13.8 Å². The molecule has 1 aromatic heterocycles. The van der Waals surface area contributed by atoms with E-state index in [0.29, 0.717) is 10.1 Å². The van der Waals surface area contributed by atoms with Crippen LogP contribution in [0.15, 0.2) is 47.4 Å². The standard InChI is InChI=1S/C22H27F2N4O10P/c1-13(19(31)35-10-14-6-4-3-5-7-14)27-39(33,37-12-17(29)34-2)36-11-15-18(30)22(23,24)20(38-15)28-9-8-16(25)26-21(28)32/h3-9,13,15,18,20,30H,10-12H2,1-2H3,(H,27,33)(H2,25,26,32)/t13-,15+,18+,20+,39?/m0/s1. The first-order chi connectivity index (χ1) is 18.4. The third kappa shape index (κ3) is 7.65. The number of aliphatic hydroxyl groups is 1. The molecule has 0 aliphatic carbocycles. The minimum absolute atomic E-state index is 0.0994. The number of hydrogen-bond donors (Lipinski definition) is 3. The second-order valence-electron chi connectivity index (χ2n) is 8.28. The molecule has 1 saturated heterocycles. The van der Waals surface area contributed by atoms with Gasteiger partial charge in [0.2, 0.25) is 6.23 Å². The minimum atomic E-state index is -4.61. The Kier molecular flexibility index (Phi) is 9.88. The van der Waals surface area contributed by atoms with Crippen molar-refractivity contribution < 1.29 is 51.3 Å². The third-order valence-corrected chi connectivity index (χ3v) is 7.06. The maximum atomic E-state index is 14.8. The molecule has 1 unspecified atom stereocenters. The van der Waals surface area contributed by atoms with E-state index in [2.05, 4.69) is 14.8 Å². The van der Waals surface area contributed by atoms with Gasteiger partial charge in [-0.15, -0.1) is 0 Å². The van der Waals surface area contributed by atoms with Gasteiger partial charge in [-0.1, -0.05) is 30.3 Å². The molecule has 39 heavy (non-hydrogen) atoms. The molecule has 5 atom stereocenters. The van der Waals surface area contributed by atoms with E-state index in [1.54, 1.807) is 30.3 Å². The molecule has 17 heteroatoms. The van der Waals surface area contributed by atoms with Crippen LogP contribution in [-0.2, 0) is 44.0 Å². The van der Waals surface area contributed by atoms with Crippen molar-refractivity contribution in [1.82, 2.24) is 14.6 Å². The smallest absolute Gasteiger partial charge is 0.406 e. The van der Waals surface area contributed by atoms with E-state index in [9.17, 15) is 32.8 Å². The maximum absolute atomic E-state index is 14.8. The number of carbonyl (C=O) groups is 2. The van der Waals surface area contributed by atoms with Crippen LogP contribution in [0.4, 0.5) is 14.6 Å². The number of esters is 2. The largest absolute Gasteiger partial charge is 0.467 e. The number of nitrogens with zero attached hydrogens (tertiary/aromatic N) is 2. The van der Waals surface area contributed by atoms with Gasteiger partial charge in [-0.25, -0.2) is 19.2 Å². The minimum Gasteiger partial charge on any atom is -0.467 e. The van der Waals surface area contributed by atoms with Crippen LogP contribution in [-0.4, -0.2) is 71.1 Å². The Balaban J connectivity index is 1.70. The fraction of sp³-hybridized carbons (Fsp3) is 0.455. The lowest BCUT2D eigenvalue weighted by atomic mass is 10.1. The highest BCUT2D eigenvalue weighted by Gasteiger charge is 2.60. The summed E-state index contributed by atoms with van der Waals surface area (Å²) in [6.45, 7) is -0.707. The number of alkyl halides is 2. The van der Waals surface area contributed by atoms with E-state index < -0.39 is 69.0 Å².